The van der Waals surface area contributed by atoms with Crippen molar-refractivity contribution in [2.45, 2.75) is 0 Å². The van der Waals surface area contributed by atoms with Crippen molar-refractivity contribution < 1.29 is 10.5 Å². The Kier molecular flexibility index (Phi) is 24.6. The predicted molar refractivity (Wildman–Crippen MR) is 599 cm³/mol. The van der Waals surface area contributed by atoms with Gasteiger partial charge < -0.3 is 32.6 Å². The summed E-state index contributed by atoms with van der Waals surface area (Å²) in [6, 6.07) is 179. The van der Waals surface area contributed by atoms with Crippen molar-refractivity contribution in [1.82, 2.24) is 13.7 Å². The fourth-order valence-electron chi connectivity index (χ4n) is 19.8. The fourth-order valence-corrected chi connectivity index (χ4v) is 26.2. The third kappa shape index (κ3) is 16.3. The molecule has 0 saturated carbocycles. The summed E-state index contributed by atoms with van der Waals surface area (Å²) in [6.45, 7) is 0. The number of nitriles is 1. The summed E-state index contributed by atoms with van der Waals surface area (Å²) < 4.78 is 51.4. The van der Waals surface area contributed by atoms with Crippen LogP contribution in [0.3, 0.4) is 0 Å². The molecule has 0 aliphatic rings. The van der Waals surface area contributed by atoms with Crippen molar-refractivity contribution in [2.24, 2.45) is 0 Å². The van der Waals surface area contributed by atoms with Crippen LogP contribution in [-0.4, -0.2) is 15.0 Å². The number of benzene rings is 21. The Hall–Kier alpha value is -15.7. The fraction of sp³-hybridized carbons (Fsp3) is 0. The molecule has 4 aromatic heterocycles. The lowest BCUT2D eigenvalue weighted by molar-refractivity contribution is 0.591. The molecule has 1 N–H and O–H groups in total. The lowest BCUT2D eigenvalue weighted by atomic mass is 10.0. The summed E-state index contributed by atoms with van der Waals surface area (Å²) >= 11 is 1.70. The largest absolute Gasteiger partial charge is 0.310 e. The van der Waals surface area contributed by atoms with Gasteiger partial charge in [0.2, 0.25) is 0 Å². The van der Waals surface area contributed by atoms with Gasteiger partial charge in [-0.05, 0) is 177 Å². The maximum absolute atomic E-state index is 15.1. The first-order chi connectivity index (χ1) is 69.1. The molecule has 0 saturated heterocycles. The first-order valence-corrected chi connectivity index (χ1v) is 52.5. The van der Waals surface area contributed by atoms with Gasteiger partial charge >= 0.3 is 0 Å². The van der Waals surface area contributed by atoms with Crippen molar-refractivity contribution in [3.05, 3.63) is 515 Å². The number of nitrogens with zero attached hydrogens (tertiary/aromatic N) is 6. The number of hydrogen-bond donors (Lipinski definition) is 1. The molecule has 0 fully saturated rings. The van der Waals surface area contributed by atoms with E-state index < -0.39 is 14.3 Å². The summed E-state index contributed by atoms with van der Waals surface area (Å²) in [7, 11) is -1.25. The molecule has 2 atom stereocenters. The van der Waals surface area contributed by atoms with E-state index in [1.54, 1.807) is 11.3 Å². The highest BCUT2D eigenvalue weighted by Gasteiger charge is 2.34. The van der Waals surface area contributed by atoms with Crippen LogP contribution < -0.4 is 41.6 Å². The van der Waals surface area contributed by atoms with Gasteiger partial charge in [-0.25, -0.2) is 0 Å². The second kappa shape index (κ2) is 39.3. The number of hydrogen-bond acceptors (Lipinski definition) is 7. The summed E-state index contributed by atoms with van der Waals surface area (Å²) in [5.41, 5.74) is 19.3. The molecule has 0 radical (unpaired) electrons. The molecule has 25 rings (SSSR count). The maximum atomic E-state index is 15.1. The third-order valence-electron chi connectivity index (χ3n) is 25.9. The zero-order valence-electron chi connectivity index (χ0n) is 76.8. The van der Waals surface area contributed by atoms with E-state index in [9.17, 15) is 5.26 Å². The van der Waals surface area contributed by atoms with E-state index in [0.29, 0.717) is 5.56 Å². The Morgan fingerprint density at radius 1 is 0.297 bits per heavy atom. The minimum Gasteiger partial charge on any atom is -0.310 e. The van der Waals surface area contributed by atoms with Crippen LogP contribution in [0.4, 0.5) is 34.1 Å². The van der Waals surface area contributed by atoms with Crippen molar-refractivity contribution in [3.63, 3.8) is 0 Å². The molecule has 660 valence electrons. The van der Waals surface area contributed by atoms with Gasteiger partial charge in [-0.3, -0.25) is 5.15 Å². The number of rotatable bonds is 16. The van der Waals surface area contributed by atoms with Crippen molar-refractivity contribution in [1.29, 1.82) is 11.7 Å². The van der Waals surface area contributed by atoms with Crippen molar-refractivity contribution in [3.8, 4) is 34.3 Å². The first-order valence-electron chi connectivity index (χ1n) is 46.5. The smallest absolute Gasteiger partial charge is 0.192 e. The Labute approximate surface area is 814 Å². The molecule has 21 aromatic carbocycles. The van der Waals surface area contributed by atoms with Crippen molar-refractivity contribution >= 4 is 226 Å². The number of fused-ring (bicyclic) bond motifs is 14. The van der Waals surface area contributed by atoms with Gasteiger partial charge in [0, 0.05) is 118 Å². The second-order valence-electron chi connectivity index (χ2n) is 33.5. The number of nitrogens with one attached hydrogen (secondary N) is 1. The van der Waals surface area contributed by atoms with Gasteiger partial charge in [0.05, 0.1) is 74.4 Å². The van der Waals surface area contributed by atoms with E-state index in [2.05, 4.69) is 429 Å². The molecule has 15 heteroatoms. The highest BCUT2D eigenvalue weighted by Crippen LogP contribution is 2.50. The molecule has 0 aliphatic heterocycles. The topological polar surface area (TPSA) is 103 Å². The van der Waals surface area contributed by atoms with Crippen LogP contribution in [0.1, 0.15) is 5.56 Å². The Morgan fingerprint density at radius 3 is 0.855 bits per heavy atom. The summed E-state index contributed by atoms with van der Waals surface area (Å²) in [5, 5.41) is 32.1. The van der Waals surface area contributed by atoms with Gasteiger partial charge in [0.25, 0.3) is 0 Å². The average Bonchev–Trinajstić information content (AvgIpc) is 1.54. The van der Waals surface area contributed by atoms with E-state index in [1.807, 2.05) is 133 Å². The number of para-hydroxylation sites is 8. The molecular weight excluding hydrogens is 1790 g/mol. The van der Waals surface area contributed by atoms with Crippen LogP contribution in [0.2, 0.25) is 1.41 Å². The summed E-state index contributed by atoms with van der Waals surface area (Å²) in [4.78, 5) is 4.69. The maximum Gasteiger partial charge on any atom is 0.192 e. The molecule has 138 heavy (non-hydrogen) atoms. The monoisotopic (exact) mass is 1890 g/mol. The van der Waals surface area contributed by atoms with Crippen LogP contribution >= 0.6 is 52.5 Å². The Morgan fingerprint density at radius 2 is 0.551 bits per heavy atom. The third-order valence-corrected chi connectivity index (χ3v) is 33.2. The lowest BCUT2D eigenvalue weighted by Crippen LogP contribution is -2.25. The molecule has 0 amide bonds. The minimum atomic E-state index is -3.12. The van der Waals surface area contributed by atoms with E-state index in [0.717, 1.165) is 136 Å². The molecule has 4 heterocycles. The number of thiophene rings is 1. The van der Waals surface area contributed by atoms with Gasteiger partial charge in [-0.15, -0.1) is 29.1 Å². The summed E-state index contributed by atoms with van der Waals surface area (Å²) in [6.07, 6.45) is 0. The van der Waals surface area contributed by atoms with Crippen LogP contribution in [0.5, 0.6) is 0 Å². The molecule has 0 aliphatic carbocycles. The molecule has 0 bridgehead atoms. The van der Waals surface area contributed by atoms with E-state index >= 15 is 9.13 Å². The first kappa shape index (κ1) is 86.4. The second-order valence-corrected chi connectivity index (χ2v) is 40.2. The molecular formula is C123H90N7O2P5S. The molecule has 2 unspecified atom stereocenters. The Bertz CT molecular complexity index is 8310. The average molecular weight is 1890 g/mol. The Balaban J connectivity index is 0.000000121. The van der Waals surface area contributed by atoms with Crippen molar-refractivity contribution in [2.75, 3.05) is 9.80 Å². The van der Waals surface area contributed by atoms with Crippen LogP contribution in [0.25, 0.3) is 135 Å². The number of anilines is 6. The van der Waals surface area contributed by atoms with Crippen LogP contribution in [0.15, 0.2) is 510 Å². The van der Waals surface area contributed by atoms with Gasteiger partial charge in [-0.2, -0.15) is 5.26 Å². The van der Waals surface area contributed by atoms with Crippen LogP contribution in [-0.2, 0) is 9.13 Å². The van der Waals surface area contributed by atoms with Crippen LogP contribution in [0, 0.1) is 16.5 Å². The highest BCUT2D eigenvalue weighted by atomic mass is 32.1. The predicted octanol–water partition coefficient (Wildman–Crippen LogP) is 32.3. The lowest BCUT2D eigenvalue weighted by Gasteiger charge is -2.27. The normalized spacial score (nSPS) is 11.6. The quantitative estimate of drug-likeness (QED) is 0.0971. The molecule has 9 nitrogen and oxygen atoms in total. The zero-order chi connectivity index (χ0) is 95.1. The van der Waals surface area contributed by atoms with E-state index in [1.165, 1.54) is 65.0 Å². The van der Waals surface area contributed by atoms with E-state index in [4.69, 9.17) is 2.69 Å². The van der Waals surface area contributed by atoms with Gasteiger partial charge in [-0.1, -0.05) is 364 Å². The molecule has 0 spiro atoms. The van der Waals surface area contributed by atoms with E-state index in [-0.39, 0.29) is 8.87 Å². The SMILES string of the molecule is N#Cc1cc(-n2c3ccccc3c3ccccc32)c(-n2c3ccccc3c3ccccc32)c(-n2c3ccccc3c3ccccc32)c1.O=P(c1ccccc1)(c1ccccc1)c1ccc2sc3ccc(P(=O)(c4ccccc4)c4ccccc4)cc3c2c1.[2H]N=P.[3H]PP.c1ccc(N(c2ccc(-c3ccc(N(c4ccccc4)c4cccc5ccccc45)cc3)cc2)c2cccc3ccccc23)cc1. The molecule has 25 aromatic rings. The van der Waals surface area contributed by atoms with Gasteiger partial charge in [0.1, 0.15) is 0 Å². The zero-order valence-corrected chi connectivity index (χ0v) is 80.6. The summed E-state index contributed by atoms with van der Waals surface area (Å²) in [5.74, 6) is 0. The highest BCUT2D eigenvalue weighted by molar-refractivity contribution is 7.92. The standard InChI is InChI=1S/C44H32N2.C43H26N4.C36H26O2P2S.H2NP.H4P2/c1-3-17-37(18-4-1)45(43-23-11-15-35-13-7-9-21-41(35)43)39-29-25-33(26-30-39)34-27-31-40(32-28-34)46(38-19-5-2-6-20-38)44-24-12-16-36-14-8-10-22-42(36)44;44-27-28-25-41(45-35-19-7-1-13-29(35)30-14-2-8-20-36(30)45)43(47-39-23-11-5-17-33(39)34-18-6-12-24-40(34)47)42(26-28)46-37-21-9-3-15-31(37)32-16-4-10-22-38(32)46;37-39(27-13-5-1-6-14-27,28-15-7-2-8-16-28)31-21-23-35-33(25-31)34-26-32(22-24-36(34)41-35)40(38,29-17-9-3-10-18-29)30-19-11-4-12-20-30;2*1-2/h1-32H;1-26H;1-26H;1-2H;1-2H2/i;;;;1T/hD. The number of aromatic nitrogens is 3. The van der Waals surface area contributed by atoms with Gasteiger partial charge in [0.15, 0.2) is 15.7 Å². The minimum absolute atomic E-state index is 0.250.